The zero-order chi connectivity index (χ0) is 28.4. The Labute approximate surface area is 226 Å². The number of alkyl halides is 3. The number of carbonyl (C=O) groups is 2. The maximum atomic E-state index is 14.0. The lowest BCUT2D eigenvalue weighted by molar-refractivity contribution is -0.170. The summed E-state index contributed by atoms with van der Waals surface area (Å²) in [5.41, 5.74) is 4.23. The summed E-state index contributed by atoms with van der Waals surface area (Å²) in [6, 6.07) is 3.75. The van der Waals surface area contributed by atoms with Crippen LogP contribution in [-0.4, -0.2) is 92.0 Å². The van der Waals surface area contributed by atoms with Crippen LogP contribution in [0.5, 0.6) is 5.75 Å². The van der Waals surface area contributed by atoms with Crippen LogP contribution in [0.4, 0.5) is 13.2 Å². The van der Waals surface area contributed by atoms with Gasteiger partial charge in [-0.2, -0.15) is 13.2 Å². The average molecular weight is 555 g/mol. The van der Waals surface area contributed by atoms with Gasteiger partial charge in [-0.1, -0.05) is 19.9 Å². The van der Waals surface area contributed by atoms with Gasteiger partial charge in [0.1, 0.15) is 18.4 Å². The molecule has 0 aliphatic carbocycles. The van der Waals surface area contributed by atoms with Gasteiger partial charge in [0, 0.05) is 43.9 Å². The number of hydrogen-bond donors (Lipinski definition) is 2. The number of fused-ring (bicyclic) bond motifs is 1. The van der Waals surface area contributed by atoms with Gasteiger partial charge in [-0.05, 0) is 37.5 Å². The second-order valence-electron chi connectivity index (χ2n) is 11.1. The number of halogens is 3. The van der Waals surface area contributed by atoms with E-state index >= 15 is 0 Å². The lowest BCUT2D eigenvalue weighted by Gasteiger charge is -2.38. The van der Waals surface area contributed by atoms with Crippen molar-refractivity contribution in [1.82, 2.24) is 20.7 Å². The Hall–Kier alpha value is -2.67. The number of nitrogens with zero attached hydrogens (tertiary/aromatic N) is 2. The van der Waals surface area contributed by atoms with Gasteiger partial charge in [-0.25, -0.2) is 15.6 Å². The van der Waals surface area contributed by atoms with Crippen LogP contribution >= 0.6 is 0 Å². The van der Waals surface area contributed by atoms with Crippen LogP contribution in [0.3, 0.4) is 0 Å². The van der Waals surface area contributed by atoms with Crippen LogP contribution in [0.1, 0.15) is 38.1 Å². The summed E-state index contributed by atoms with van der Waals surface area (Å²) < 4.78 is 58.6. The predicted octanol–water partition coefficient (Wildman–Crippen LogP) is 2.74. The number of hydrogen-bond acceptors (Lipinski definition) is 8. The van der Waals surface area contributed by atoms with Gasteiger partial charge in [0.15, 0.2) is 0 Å². The molecule has 1 aromatic rings. The molecule has 3 aliphatic heterocycles. The molecule has 4 rings (SSSR count). The molecule has 3 atom stereocenters. The minimum absolute atomic E-state index is 0.0372. The third-order valence-electron chi connectivity index (χ3n) is 7.28. The number of morpholine rings is 1. The minimum atomic E-state index is -4.57. The molecule has 3 heterocycles. The Morgan fingerprint density at radius 3 is 2.56 bits per heavy atom. The summed E-state index contributed by atoms with van der Waals surface area (Å²) >= 11 is 0. The van der Waals surface area contributed by atoms with Gasteiger partial charge in [-0.15, -0.1) is 0 Å². The molecule has 3 unspecified atom stereocenters. The number of nitrogens with one attached hydrogen (secondary N) is 2. The number of esters is 1. The van der Waals surface area contributed by atoms with Crippen molar-refractivity contribution in [3.8, 4) is 5.75 Å². The molecule has 3 aliphatic rings. The molecule has 9 nitrogen and oxygen atoms in total. The Morgan fingerprint density at radius 2 is 1.90 bits per heavy atom. The third kappa shape index (κ3) is 6.92. The predicted molar refractivity (Wildman–Crippen MR) is 137 cm³/mol. The first kappa shape index (κ1) is 29.3. The Bertz CT molecular complexity index is 1070. The average Bonchev–Trinajstić information content (AvgIpc) is 3.29. The molecule has 0 saturated carbocycles. The number of amides is 1. The molecule has 0 radical (unpaired) electrons. The van der Waals surface area contributed by atoms with E-state index in [4.69, 9.17) is 14.2 Å². The first-order valence-corrected chi connectivity index (χ1v) is 13.2. The fraction of sp³-hybridized carbons (Fsp3) is 0.630. The molecule has 0 spiro atoms. The first-order chi connectivity index (χ1) is 18.4. The largest absolute Gasteiger partial charge is 0.492 e. The van der Waals surface area contributed by atoms with E-state index in [1.807, 2.05) is 0 Å². The van der Waals surface area contributed by atoms with E-state index in [1.165, 1.54) is 11.1 Å². The molecular formula is C27H37F3N4O5. The van der Waals surface area contributed by atoms with Crippen molar-refractivity contribution in [1.29, 1.82) is 0 Å². The lowest BCUT2D eigenvalue weighted by atomic mass is 9.70. The second-order valence-corrected chi connectivity index (χ2v) is 11.1. The SMILES string of the molecule is CC(C)OC(=O)C1=CN(C(=O)c2cccc(OCCN3CCOCC3)c2)CC(C)(C)C2C1NNC2C(F)(F)F. The molecular weight excluding hydrogens is 517 g/mol. The Morgan fingerprint density at radius 1 is 1.18 bits per heavy atom. The summed E-state index contributed by atoms with van der Waals surface area (Å²) in [5, 5.41) is 0. The highest BCUT2D eigenvalue weighted by Gasteiger charge is 2.59. The monoisotopic (exact) mass is 554 g/mol. The smallest absolute Gasteiger partial charge is 0.405 e. The van der Waals surface area contributed by atoms with E-state index < -0.39 is 47.6 Å². The summed E-state index contributed by atoms with van der Waals surface area (Å²) in [6.45, 7) is 10.8. The zero-order valence-electron chi connectivity index (χ0n) is 22.7. The van der Waals surface area contributed by atoms with Crippen molar-refractivity contribution in [3.63, 3.8) is 0 Å². The minimum Gasteiger partial charge on any atom is -0.492 e. The van der Waals surface area contributed by atoms with Crippen molar-refractivity contribution in [3.05, 3.63) is 41.6 Å². The zero-order valence-corrected chi connectivity index (χ0v) is 22.7. The summed E-state index contributed by atoms with van der Waals surface area (Å²) in [5.74, 6) is -1.79. The van der Waals surface area contributed by atoms with Crippen LogP contribution in [-0.2, 0) is 14.3 Å². The Balaban J connectivity index is 1.58. The van der Waals surface area contributed by atoms with Gasteiger partial charge in [-0.3, -0.25) is 9.69 Å². The van der Waals surface area contributed by atoms with E-state index in [0.29, 0.717) is 31.1 Å². The molecule has 0 aromatic heterocycles. The summed E-state index contributed by atoms with van der Waals surface area (Å²) in [4.78, 5) is 30.3. The van der Waals surface area contributed by atoms with E-state index in [-0.39, 0.29) is 12.1 Å². The summed E-state index contributed by atoms with van der Waals surface area (Å²) in [6.07, 6.45) is -3.72. The van der Waals surface area contributed by atoms with Crippen LogP contribution in [0.15, 0.2) is 36.0 Å². The van der Waals surface area contributed by atoms with E-state index in [0.717, 1.165) is 19.6 Å². The molecule has 39 heavy (non-hydrogen) atoms. The van der Waals surface area contributed by atoms with Gasteiger partial charge in [0.25, 0.3) is 5.91 Å². The number of hydrazine groups is 1. The molecule has 216 valence electrons. The number of benzene rings is 1. The quantitative estimate of drug-likeness (QED) is 0.498. The van der Waals surface area contributed by atoms with Crippen molar-refractivity contribution in [2.45, 2.75) is 52.1 Å². The lowest BCUT2D eigenvalue weighted by Crippen LogP contribution is -2.50. The van der Waals surface area contributed by atoms with Crippen molar-refractivity contribution >= 4 is 11.9 Å². The van der Waals surface area contributed by atoms with Gasteiger partial charge < -0.3 is 19.1 Å². The molecule has 2 fully saturated rings. The van der Waals surface area contributed by atoms with Crippen LogP contribution in [0.2, 0.25) is 0 Å². The van der Waals surface area contributed by atoms with Crippen LogP contribution < -0.4 is 15.6 Å². The highest BCUT2D eigenvalue weighted by molar-refractivity contribution is 5.97. The van der Waals surface area contributed by atoms with Crippen LogP contribution in [0.25, 0.3) is 0 Å². The van der Waals surface area contributed by atoms with Gasteiger partial charge in [0.05, 0.1) is 30.9 Å². The van der Waals surface area contributed by atoms with Gasteiger partial charge in [0.2, 0.25) is 0 Å². The van der Waals surface area contributed by atoms with E-state index in [1.54, 1.807) is 52.0 Å². The maximum Gasteiger partial charge on any atom is 0.405 e. The third-order valence-corrected chi connectivity index (χ3v) is 7.28. The normalized spacial score (nSPS) is 25.6. The summed E-state index contributed by atoms with van der Waals surface area (Å²) in [7, 11) is 0. The maximum absolute atomic E-state index is 14.0. The fourth-order valence-corrected chi connectivity index (χ4v) is 5.44. The second kappa shape index (κ2) is 11.8. The standard InChI is InChI=1S/C27H37F3N4O5/c1-17(2)39-25(36)20-15-34(16-26(3,4)21-22(20)31-32-23(21)27(28,29)30)24(35)18-6-5-7-19(14-18)38-13-10-33-8-11-37-12-9-33/h5-7,14-15,17,21-23,31-32H,8-13,16H2,1-4H3. The van der Waals surface area contributed by atoms with Crippen molar-refractivity contribution in [2.24, 2.45) is 11.3 Å². The first-order valence-electron chi connectivity index (χ1n) is 13.2. The van der Waals surface area contributed by atoms with Crippen molar-refractivity contribution < 1.29 is 37.0 Å². The molecule has 1 amide bonds. The molecule has 0 bridgehead atoms. The van der Waals surface area contributed by atoms with Gasteiger partial charge >= 0.3 is 12.1 Å². The number of rotatable bonds is 7. The topological polar surface area (TPSA) is 92.4 Å². The highest BCUT2D eigenvalue weighted by Crippen LogP contribution is 2.45. The molecule has 2 saturated heterocycles. The van der Waals surface area contributed by atoms with E-state index in [2.05, 4.69) is 15.8 Å². The van der Waals surface area contributed by atoms with Crippen molar-refractivity contribution in [2.75, 3.05) is 46.0 Å². The van der Waals surface area contributed by atoms with Crippen LogP contribution in [0, 0.1) is 11.3 Å². The van der Waals surface area contributed by atoms with E-state index in [9.17, 15) is 22.8 Å². The Kier molecular flexibility index (Phi) is 8.89. The highest BCUT2D eigenvalue weighted by atomic mass is 19.4. The molecule has 1 aromatic carbocycles. The fourth-order valence-electron chi connectivity index (χ4n) is 5.44. The number of ether oxygens (including phenoxy) is 3. The number of carbonyl (C=O) groups excluding carboxylic acids is 2. The molecule has 12 heteroatoms. The molecule has 2 N–H and O–H groups in total.